The first-order valence-corrected chi connectivity index (χ1v) is 12.3. The normalized spacial score (nSPS) is 11.0. The van der Waals surface area contributed by atoms with Gasteiger partial charge in [0, 0.05) is 53.9 Å². The molecule has 0 aliphatic heterocycles. The summed E-state index contributed by atoms with van der Waals surface area (Å²) >= 11 is 0. The number of nitrogens with zero attached hydrogens (tertiary/aromatic N) is 3. The number of fused-ring (bicyclic) bond motifs is 1. The number of rotatable bonds is 10. The lowest BCUT2D eigenvalue weighted by molar-refractivity contribution is -0.384. The van der Waals surface area contributed by atoms with Crippen LogP contribution in [0.4, 0.5) is 5.69 Å². The first-order valence-electron chi connectivity index (χ1n) is 12.3. The third-order valence-electron chi connectivity index (χ3n) is 6.41. The average molecular weight is 499 g/mol. The van der Waals surface area contributed by atoms with E-state index in [1.807, 2.05) is 68.6 Å². The molecule has 0 bridgehead atoms. The van der Waals surface area contributed by atoms with Crippen molar-refractivity contribution >= 4 is 28.4 Å². The third-order valence-corrected chi connectivity index (χ3v) is 6.41. The van der Waals surface area contributed by atoms with Crippen molar-refractivity contribution in [2.24, 2.45) is 0 Å². The van der Waals surface area contributed by atoms with E-state index in [1.165, 1.54) is 29.2 Å². The molecule has 4 aromatic rings. The number of carbonyl (C=O) groups is 2. The molecule has 1 heterocycles. The number of nitro groups is 1. The lowest BCUT2D eigenvalue weighted by Crippen LogP contribution is -2.46. The summed E-state index contributed by atoms with van der Waals surface area (Å²) in [6, 6.07) is 23.1. The van der Waals surface area contributed by atoms with Gasteiger partial charge in [0.2, 0.25) is 5.91 Å². The second-order valence-electron chi connectivity index (χ2n) is 9.24. The van der Waals surface area contributed by atoms with Crippen molar-refractivity contribution in [3.8, 4) is 0 Å². The lowest BCUT2D eigenvalue weighted by atomic mass is 10.1. The fraction of sp³-hybridized carbons (Fsp3) is 0.241. The minimum absolute atomic E-state index is 0.0879. The van der Waals surface area contributed by atoms with Crippen molar-refractivity contribution in [2.45, 2.75) is 32.9 Å². The summed E-state index contributed by atoms with van der Waals surface area (Å²) in [6.45, 7) is 4.54. The molecule has 4 rings (SSSR count). The molecular weight excluding hydrogens is 468 g/mol. The molecule has 0 aliphatic carbocycles. The van der Waals surface area contributed by atoms with Crippen molar-refractivity contribution in [2.75, 3.05) is 13.1 Å². The highest BCUT2D eigenvalue weighted by Crippen LogP contribution is 2.20. The number of amides is 2. The SMILES string of the molecule is CC(C)N(CC(=O)N(CCc1c[nH]c2ccccc12)Cc1ccccc1)C(=O)c1ccc([N+](=O)[O-])cc1. The Labute approximate surface area is 215 Å². The maximum Gasteiger partial charge on any atom is 0.269 e. The Morgan fingerprint density at radius 3 is 2.30 bits per heavy atom. The van der Waals surface area contributed by atoms with E-state index in [0.717, 1.165) is 22.0 Å². The molecule has 190 valence electrons. The number of hydrogen-bond donors (Lipinski definition) is 1. The van der Waals surface area contributed by atoms with Crippen LogP contribution in [0.3, 0.4) is 0 Å². The highest BCUT2D eigenvalue weighted by atomic mass is 16.6. The lowest BCUT2D eigenvalue weighted by Gasteiger charge is -2.30. The minimum atomic E-state index is -0.507. The number of non-ortho nitro benzene ring substituents is 1. The second kappa shape index (κ2) is 11.5. The van der Waals surface area contributed by atoms with Gasteiger partial charge in [0.25, 0.3) is 11.6 Å². The molecule has 0 atom stereocenters. The van der Waals surface area contributed by atoms with Crippen LogP contribution in [0.2, 0.25) is 0 Å². The number of aromatic amines is 1. The second-order valence-corrected chi connectivity index (χ2v) is 9.24. The Kier molecular flexibility index (Phi) is 7.98. The van der Waals surface area contributed by atoms with Crippen LogP contribution in [-0.4, -0.2) is 50.7 Å². The fourth-order valence-electron chi connectivity index (χ4n) is 4.32. The first kappa shape index (κ1) is 25.6. The fourth-order valence-corrected chi connectivity index (χ4v) is 4.32. The minimum Gasteiger partial charge on any atom is -0.361 e. The third kappa shape index (κ3) is 6.22. The summed E-state index contributed by atoms with van der Waals surface area (Å²) in [4.78, 5) is 43.9. The first-order chi connectivity index (χ1) is 17.8. The van der Waals surface area contributed by atoms with Gasteiger partial charge in [-0.3, -0.25) is 19.7 Å². The van der Waals surface area contributed by atoms with Crippen molar-refractivity contribution in [3.63, 3.8) is 0 Å². The molecule has 0 radical (unpaired) electrons. The summed E-state index contributed by atoms with van der Waals surface area (Å²) in [7, 11) is 0. The van der Waals surface area contributed by atoms with Crippen molar-refractivity contribution < 1.29 is 14.5 Å². The van der Waals surface area contributed by atoms with Gasteiger partial charge in [0.05, 0.1) is 4.92 Å². The number of nitrogens with one attached hydrogen (secondary N) is 1. The van der Waals surface area contributed by atoms with E-state index in [9.17, 15) is 19.7 Å². The summed E-state index contributed by atoms with van der Waals surface area (Å²) in [5.41, 5.74) is 3.41. The predicted molar refractivity (Wildman–Crippen MR) is 143 cm³/mol. The van der Waals surface area contributed by atoms with Crippen LogP contribution >= 0.6 is 0 Å². The number of benzene rings is 3. The molecule has 0 aliphatic rings. The molecule has 0 saturated carbocycles. The predicted octanol–water partition coefficient (Wildman–Crippen LogP) is 5.20. The zero-order valence-corrected chi connectivity index (χ0v) is 21.0. The van der Waals surface area contributed by atoms with Gasteiger partial charge in [-0.2, -0.15) is 0 Å². The molecule has 0 fully saturated rings. The van der Waals surface area contributed by atoms with Gasteiger partial charge in [0.1, 0.15) is 6.54 Å². The van der Waals surface area contributed by atoms with Crippen molar-refractivity contribution in [1.29, 1.82) is 0 Å². The number of nitro benzene ring substituents is 1. The van der Waals surface area contributed by atoms with Crippen molar-refractivity contribution in [1.82, 2.24) is 14.8 Å². The molecule has 0 unspecified atom stereocenters. The van der Waals surface area contributed by atoms with Crippen LogP contribution in [0.1, 0.15) is 35.3 Å². The molecule has 1 aromatic heterocycles. The van der Waals surface area contributed by atoms with Gasteiger partial charge in [-0.1, -0.05) is 48.5 Å². The molecule has 8 nitrogen and oxygen atoms in total. The van der Waals surface area contributed by atoms with Crippen molar-refractivity contribution in [3.05, 3.63) is 112 Å². The average Bonchev–Trinajstić information content (AvgIpc) is 3.32. The van der Waals surface area contributed by atoms with Gasteiger partial charge >= 0.3 is 0 Å². The van der Waals surface area contributed by atoms with Gasteiger partial charge in [-0.15, -0.1) is 0 Å². The zero-order valence-electron chi connectivity index (χ0n) is 21.0. The topological polar surface area (TPSA) is 99.6 Å². The highest BCUT2D eigenvalue weighted by molar-refractivity contribution is 5.97. The maximum atomic E-state index is 13.6. The standard InChI is InChI=1S/C29H30N4O4/c1-21(2)32(29(35)23-12-14-25(15-13-23)33(36)37)20-28(34)31(19-22-8-4-3-5-9-22)17-16-24-18-30-27-11-7-6-10-26(24)27/h3-15,18,21,30H,16-17,19-20H2,1-2H3. The number of H-pyrrole nitrogens is 1. The Morgan fingerprint density at radius 1 is 0.946 bits per heavy atom. The monoisotopic (exact) mass is 498 g/mol. The molecule has 8 heteroatoms. The Morgan fingerprint density at radius 2 is 1.62 bits per heavy atom. The van der Waals surface area contributed by atoms with E-state index in [-0.39, 0.29) is 30.1 Å². The van der Waals surface area contributed by atoms with Crippen LogP contribution in [-0.2, 0) is 17.8 Å². The highest BCUT2D eigenvalue weighted by Gasteiger charge is 2.25. The van der Waals surface area contributed by atoms with Gasteiger partial charge in [0.15, 0.2) is 0 Å². The summed E-state index contributed by atoms with van der Waals surface area (Å²) in [6.07, 6.45) is 2.65. The molecule has 0 spiro atoms. The van der Waals surface area contributed by atoms with Crippen LogP contribution in [0.15, 0.2) is 85.1 Å². The number of carbonyl (C=O) groups excluding carboxylic acids is 2. The molecule has 1 N–H and O–H groups in total. The number of aromatic nitrogens is 1. The molecule has 2 amide bonds. The van der Waals surface area contributed by atoms with E-state index < -0.39 is 4.92 Å². The van der Waals surface area contributed by atoms with E-state index in [2.05, 4.69) is 11.1 Å². The van der Waals surface area contributed by atoms with E-state index >= 15 is 0 Å². The molecule has 37 heavy (non-hydrogen) atoms. The Balaban J connectivity index is 1.53. The largest absolute Gasteiger partial charge is 0.361 e. The molecular formula is C29H30N4O4. The quantitative estimate of drug-likeness (QED) is 0.240. The van der Waals surface area contributed by atoms with E-state index in [1.54, 1.807) is 4.90 Å². The van der Waals surface area contributed by atoms with Crippen LogP contribution in [0.5, 0.6) is 0 Å². The molecule has 3 aromatic carbocycles. The Hall–Kier alpha value is -4.46. The maximum absolute atomic E-state index is 13.6. The number of hydrogen-bond acceptors (Lipinski definition) is 4. The van der Waals surface area contributed by atoms with E-state index in [0.29, 0.717) is 25.1 Å². The Bertz CT molecular complexity index is 1380. The van der Waals surface area contributed by atoms with Crippen LogP contribution in [0, 0.1) is 10.1 Å². The van der Waals surface area contributed by atoms with Crippen LogP contribution in [0.25, 0.3) is 10.9 Å². The van der Waals surface area contributed by atoms with Gasteiger partial charge < -0.3 is 14.8 Å². The number of para-hydroxylation sites is 1. The summed E-state index contributed by atoms with van der Waals surface area (Å²) in [5.74, 6) is -0.498. The zero-order chi connectivity index (χ0) is 26.4. The summed E-state index contributed by atoms with van der Waals surface area (Å²) in [5, 5.41) is 12.1. The smallest absolute Gasteiger partial charge is 0.269 e. The summed E-state index contributed by atoms with van der Waals surface area (Å²) < 4.78 is 0. The van der Waals surface area contributed by atoms with E-state index in [4.69, 9.17) is 0 Å². The molecule has 0 saturated heterocycles. The van der Waals surface area contributed by atoms with Gasteiger partial charge in [-0.05, 0) is 49.6 Å². The van der Waals surface area contributed by atoms with Crippen LogP contribution < -0.4 is 0 Å². The van der Waals surface area contributed by atoms with Gasteiger partial charge in [-0.25, -0.2) is 0 Å².